The van der Waals surface area contributed by atoms with Gasteiger partial charge in [0.2, 0.25) is 0 Å². The van der Waals surface area contributed by atoms with Crippen LogP contribution in [0, 0.1) is 27.7 Å². The van der Waals surface area contributed by atoms with E-state index in [1.54, 1.807) is 0 Å². The van der Waals surface area contributed by atoms with E-state index in [9.17, 15) is 0 Å². The second kappa shape index (κ2) is 5.89. The Kier molecular flexibility index (Phi) is 4.46. The van der Waals surface area contributed by atoms with E-state index >= 15 is 0 Å². The summed E-state index contributed by atoms with van der Waals surface area (Å²) >= 11 is 0.508. The molecule has 2 heterocycles. The van der Waals surface area contributed by atoms with Crippen LogP contribution in [0.1, 0.15) is 22.8 Å². The van der Waals surface area contributed by atoms with Crippen molar-refractivity contribution >= 4 is 35.7 Å². The standard InChI is InChI=1S/C12H14N4Se2/c1-7-5-8(2)14-11(13-7)17-18-12-15-9(3)6-10(4)16-12/h5-6H,1-4H3. The van der Waals surface area contributed by atoms with Gasteiger partial charge >= 0.3 is 118 Å². The van der Waals surface area contributed by atoms with Gasteiger partial charge < -0.3 is 0 Å². The first-order valence-corrected chi connectivity index (χ1v) is 11.6. The number of aromatic nitrogens is 4. The van der Waals surface area contributed by atoms with E-state index in [1.165, 1.54) is 0 Å². The monoisotopic (exact) mass is 374 g/mol. The van der Waals surface area contributed by atoms with Crippen LogP contribution in [0.4, 0.5) is 0 Å². The van der Waals surface area contributed by atoms with Crippen LogP contribution in [0.3, 0.4) is 0 Å². The molecule has 0 radical (unpaired) electrons. The van der Waals surface area contributed by atoms with Gasteiger partial charge in [-0.15, -0.1) is 0 Å². The Hall–Kier alpha value is -0.801. The first kappa shape index (κ1) is 13.6. The van der Waals surface area contributed by atoms with Crippen LogP contribution in [0.15, 0.2) is 12.1 Å². The maximum atomic E-state index is 4.47. The fourth-order valence-corrected chi connectivity index (χ4v) is 6.62. The van der Waals surface area contributed by atoms with Crippen molar-refractivity contribution in [3.8, 4) is 0 Å². The topological polar surface area (TPSA) is 51.6 Å². The fraction of sp³-hybridized carbons (Fsp3) is 0.333. The number of aryl methyl sites for hydroxylation is 4. The molecule has 0 unspecified atom stereocenters. The molecule has 0 N–H and O–H groups in total. The van der Waals surface area contributed by atoms with Crippen molar-refractivity contribution in [2.75, 3.05) is 0 Å². The Morgan fingerprint density at radius 2 is 0.889 bits per heavy atom. The van der Waals surface area contributed by atoms with E-state index in [1.807, 2.05) is 39.8 Å². The predicted molar refractivity (Wildman–Crippen MR) is 73.8 cm³/mol. The van der Waals surface area contributed by atoms with Gasteiger partial charge in [0.15, 0.2) is 0 Å². The second-order valence-corrected chi connectivity index (χ2v) is 9.90. The van der Waals surface area contributed by atoms with Crippen molar-refractivity contribution in [3.63, 3.8) is 0 Å². The summed E-state index contributed by atoms with van der Waals surface area (Å²) in [6.07, 6.45) is 0. The van der Waals surface area contributed by atoms with Crippen LogP contribution in [0.5, 0.6) is 0 Å². The Morgan fingerprint density at radius 1 is 0.611 bits per heavy atom. The van der Waals surface area contributed by atoms with E-state index in [0.717, 1.165) is 32.2 Å². The van der Waals surface area contributed by atoms with Crippen molar-refractivity contribution in [1.82, 2.24) is 19.9 Å². The van der Waals surface area contributed by atoms with Crippen molar-refractivity contribution < 1.29 is 0 Å². The van der Waals surface area contributed by atoms with E-state index < -0.39 is 0 Å². The van der Waals surface area contributed by atoms with Crippen molar-refractivity contribution in [2.24, 2.45) is 0 Å². The summed E-state index contributed by atoms with van der Waals surface area (Å²) in [5.74, 6) is 0. The van der Waals surface area contributed by atoms with Crippen molar-refractivity contribution in [3.05, 3.63) is 34.9 Å². The summed E-state index contributed by atoms with van der Waals surface area (Å²) in [4.78, 5) is 17.9. The van der Waals surface area contributed by atoms with E-state index in [-0.39, 0.29) is 26.3 Å². The average molecular weight is 372 g/mol. The van der Waals surface area contributed by atoms with Gasteiger partial charge in [0.05, 0.1) is 0 Å². The first-order chi connectivity index (χ1) is 8.52. The second-order valence-electron chi connectivity index (χ2n) is 4.03. The summed E-state index contributed by atoms with van der Waals surface area (Å²) in [5, 5.41) is 0. The van der Waals surface area contributed by atoms with Gasteiger partial charge in [0, 0.05) is 0 Å². The molecule has 18 heavy (non-hydrogen) atoms. The molecular formula is C12H14N4Se2. The normalized spacial score (nSPS) is 10.7. The summed E-state index contributed by atoms with van der Waals surface area (Å²) in [6, 6.07) is 4.00. The zero-order valence-corrected chi connectivity index (χ0v) is 14.2. The molecular weight excluding hydrogens is 358 g/mol. The van der Waals surface area contributed by atoms with Crippen LogP contribution in [0.25, 0.3) is 0 Å². The van der Waals surface area contributed by atoms with Crippen molar-refractivity contribution in [2.45, 2.75) is 27.7 Å². The Bertz CT molecular complexity index is 480. The minimum atomic E-state index is 0.254. The van der Waals surface area contributed by atoms with Gasteiger partial charge in [0.25, 0.3) is 0 Å². The Labute approximate surface area is 118 Å². The molecule has 0 bridgehead atoms. The Balaban J connectivity index is 2.11. The molecule has 0 aliphatic rings. The van der Waals surface area contributed by atoms with Crippen LogP contribution in [-0.2, 0) is 0 Å². The van der Waals surface area contributed by atoms with E-state index in [2.05, 4.69) is 19.9 Å². The molecule has 2 aromatic heterocycles. The predicted octanol–water partition coefficient (Wildman–Crippen LogP) is -0.226. The molecule has 0 aromatic carbocycles. The molecule has 0 aliphatic heterocycles. The molecule has 0 saturated carbocycles. The molecule has 0 atom stereocenters. The molecule has 0 saturated heterocycles. The number of nitrogens with zero attached hydrogens (tertiary/aromatic N) is 4. The molecule has 6 heteroatoms. The first-order valence-electron chi connectivity index (χ1n) is 5.52. The zero-order chi connectivity index (χ0) is 13.1. The van der Waals surface area contributed by atoms with Crippen molar-refractivity contribution in [1.29, 1.82) is 0 Å². The van der Waals surface area contributed by atoms with Gasteiger partial charge in [-0.1, -0.05) is 0 Å². The summed E-state index contributed by atoms with van der Waals surface area (Å²) in [5.41, 5.74) is 4.15. The Morgan fingerprint density at radius 3 is 1.17 bits per heavy atom. The molecule has 0 spiro atoms. The van der Waals surface area contributed by atoms with Crippen LogP contribution in [0.2, 0.25) is 0 Å². The number of hydrogen-bond donors (Lipinski definition) is 0. The molecule has 2 aromatic rings. The van der Waals surface area contributed by atoms with Crippen LogP contribution >= 0.6 is 0 Å². The van der Waals surface area contributed by atoms with E-state index in [0.29, 0.717) is 0 Å². The summed E-state index contributed by atoms with van der Waals surface area (Å²) in [6.45, 7) is 8.03. The third kappa shape index (κ3) is 3.85. The van der Waals surface area contributed by atoms with E-state index in [4.69, 9.17) is 0 Å². The third-order valence-electron chi connectivity index (χ3n) is 2.11. The van der Waals surface area contributed by atoms with Gasteiger partial charge in [-0.2, -0.15) is 0 Å². The molecule has 94 valence electrons. The molecule has 2 rings (SSSR count). The molecule has 0 fully saturated rings. The number of hydrogen-bond acceptors (Lipinski definition) is 4. The average Bonchev–Trinajstić information content (AvgIpc) is 2.23. The molecule has 0 aliphatic carbocycles. The SMILES string of the molecule is Cc1cc(C)nc([Se][Se]c2nc(C)cc(C)n2)n1. The quantitative estimate of drug-likeness (QED) is 0.699. The summed E-state index contributed by atoms with van der Waals surface area (Å²) < 4.78 is 1.92. The molecule has 4 nitrogen and oxygen atoms in total. The summed E-state index contributed by atoms with van der Waals surface area (Å²) in [7, 11) is 0. The molecule has 0 amide bonds. The fourth-order valence-electron chi connectivity index (χ4n) is 1.54. The van der Waals surface area contributed by atoms with Gasteiger partial charge in [-0.05, 0) is 0 Å². The third-order valence-corrected chi connectivity index (χ3v) is 7.84. The maximum absolute atomic E-state index is 4.47. The van der Waals surface area contributed by atoms with Gasteiger partial charge in [0.1, 0.15) is 0 Å². The van der Waals surface area contributed by atoms with Gasteiger partial charge in [-0.25, -0.2) is 0 Å². The zero-order valence-electron chi connectivity index (χ0n) is 10.8. The minimum absolute atomic E-state index is 0.254. The van der Waals surface area contributed by atoms with Crippen LogP contribution < -0.4 is 9.45 Å². The van der Waals surface area contributed by atoms with Crippen LogP contribution in [-0.4, -0.2) is 46.2 Å². The van der Waals surface area contributed by atoms with Gasteiger partial charge in [-0.3, -0.25) is 0 Å². The number of rotatable bonds is 3.